The number of aromatic nitrogens is 4. The van der Waals surface area contributed by atoms with Crippen molar-refractivity contribution < 1.29 is 19.2 Å². The lowest BCUT2D eigenvalue weighted by Crippen LogP contribution is -2.29. The first kappa shape index (κ1) is 28.2. The first-order valence-electron chi connectivity index (χ1n) is 12.9. The molecule has 43 heavy (non-hydrogen) atoms. The first-order chi connectivity index (χ1) is 20.9. The Morgan fingerprint density at radius 2 is 1.09 bits per heavy atom. The molecule has 0 atom stereocenters. The predicted molar refractivity (Wildman–Crippen MR) is 170 cm³/mol. The normalized spacial score (nSPS) is 13.6. The van der Waals surface area contributed by atoms with E-state index >= 15 is 0 Å². The van der Waals surface area contributed by atoms with Crippen LogP contribution in [0, 0.1) is 6.92 Å². The van der Waals surface area contributed by atoms with Crippen molar-refractivity contribution in [3.05, 3.63) is 119 Å². The number of aromatic amines is 2. The second-order valence-corrected chi connectivity index (χ2v) is 9.65. The number of halogens is 2. The van der Waals surface area contributed by atoms with Crippen molar-refractivity contribution in [2.75, 3.05) is 9.80 Å². The molecule has 2 aromatic carbocycles. The maximum Gasteiger partial charge on any atom is 0.266 e. The Morgan fingerprint density at radius 3 is 1.60 bits per heavy atom. The van der Waals surface area contributed by atoms with Crippen molar-refractivity contribution in [1.29, 1.82) is 0 Å². The highest BCUT2D eigenvalue weighted by Crippen LogP contribution is 2.31. The Kier molecular flexibility index (Phi) is 7.46. The van der Waals surface area contributed by atoms with E-state index in [9.17, 15) is 19.2 Å². The van der Waals surface area contributed by atoms with Crippen molar-refractivity contribution in [3.8, 4) is 0 Å². The van der Waals surface area contributed by atoms with Gasteiger partial charge in [0.15, 0.2) is 0 Å². The summed E-state index contributed by atoms with van der Waals surface area (Å²) in [6, 6.07) is 19.1. The largest absolute Gasteiger partial charge is 0.346 e. The average molecular weight is 700 g/mol. The number of carbonyl (C=O) groups excluding carboxylic acids is 4. The van der Waals surface area contributed by atoms with Gasteiger partial charge in [-0.1, -0.05) is 24.3 Å². The quantitative estimate of drug-likeness (QED) is 0.193. The van der Waals surface area contributed by atoms with Gasteiger partial charge in [-0.15, -0.1) is 0 Å². The molecule has 6 aromatic rings. The SMILES string of the molecule is BrBr.Cc1c[nH]c2ncc(N3C(=O)c4ccccc4C3=O)cc12.O=C1c2ccccc2C(=O)N1c1cnc2[nH]ccc2c1. The van der Waals surface area contributed by atoms with E-state index in [0.717, 1.165) is 27.6 Å². The summed E-state index contributed by atoms with van der Waals surface area (Å²) in [4.78, 5) is 66.4. The van der Waals surface area contributed by atoms with Crippen LogP contribution >= 0.6 is 28.3 Å². The number of imide groups is 2. The number of hydrogen-bond donors (Lipinski definition) is 2. The lowest BCUT2D eigenvalue weighted by molar-refractivity contribution is 0.0910. The lowest BCUT2D eigenvalue weighted by atomic mass is 10.1. The van der Waals surface area contributed by atoms with E-state index in [1.807, 2.05) is 25.3 Å². The molecular formula is C31H20Br2N6O4. The fourth-order valence-electron chi connectivity index (χ4n) is 5.14. The fraction of sp³-hybridized carbons (Fsp3) is 0.0323. The van der Waals surface area contributed by atoms with Gasteiger partial charge in [0.25, 0.3) is 23.6 Å². The van der Waals surface area contributed by atoms with Crippen LogP contribution in [0.5, 0.6) is 0 Å². The summed E-state index contributed by atoms with van der Waals surface area (Å²) in [7, 11) is 0. The van der Waals surface area contributed by atoms with Crippen LogP contribution in [0.4, 0.5) is 11.4 Å². The molecule has 0 radical (unpaired) electrons. The second-order valence-electron chi connectivity index (χ2n) is 9.65. The smallest absolute Gasteiger partial charge is 0.266 e. The monoisotopic (exact) mass is 698 g/mol. The van der Waals surface area contributed by atoms with E-state index in [1.54, 1.807) is 67.0 Å². The van der Waals surface area contributed by atoms with E-state index in [1.165, 1.54) is 16.0 Å². The van der Waals surface area contributed by atoms with Crippen molar-refractivity contribution in [1.82, 2.24) is 19.9 Å². The molecule has 4 amide bonds. The molecule has 212 valence electrons. The number of nitrogens with zero attached hydrogens (tertiary/aromatic N) is 4. The third-order valence-corrected chi connectivity index (χ3v) is 7.21. The zero-order chi connectivity index (χ0) is 30.2. The zero-order valence-electron chi connectivity index (χ0n) is 22.3. The van der Waals surface area contributed by atoms with Crippen LogP contribution in [0.15, 0.2) is 91.5 Å². The van der Waals surface area contributed by atoms with Gasteiger partial charge in [0.1, 0.15) is 11.3 Å². The van der Waals surface area contributed by atoms with Crippen LogP contribution < -0.4 is 9.80 Å². The number of rotatable bonds is 2. The Morgan fingerprint density at radius 1 is 0.628 bits per heavy atom. The third-order valence-electron chi connectivity index (χ3n) is 7.21. The van der Waals surface area contributed by atoms with Gasteiger partial charge in [0.2, 0.25) is 0 Å². The summed E-state index contributed by atoms with van der Waals surface area (Å²) >= 11 is 5.50. The number of carbonyl (C=O) groups is 4. The summed E-state index contributed by atoms with van der Waals surface area (Å²) in [5.41, 5.74) is 5.23. The van der Waals surface area contributed by atoms with E-state index < -0.39 is 0 Å². The van der Waals surface area contributed by atoms with Gasteiger partial charge in [0.05, 0.1) is 46.0 Å². The number of amides is 4. The molecule has 2 N–H and O–H groups in total. The van der Waals surface area contributed by atoms with Crippen LogP contribution in [0.2, 0.25) is 0 Å². The third kappa shape index (κ3) is 4.74. The second kappa shape index (κ2) is 11.4. The number of anilines is 2. The highest BCUT2D eigenvalue weighted by atomic mass is 80.9. The van der Waals surface area contributed by atoms with Gasteiger partial charge in [-0.05, 0) is 55.0 Å². The van der Waals surface area contributed by atoms with Gasteiger partial charge in [0, 0.05) is 51.4 Å². The van der Waals surface area contributed by atoms with E-state index in [0.29, 0.717) is 33.6 Å². The predicted octanol–water partition coefficient (Wildman–Crippen LogP) is 6.73. The minimum Gasteiger partial charge on any atom is -0.346 e. The van der Waals surface area contributed by atoms with Gasteiger partial charge in [-0.3, -0.25) is 19.2 Å². The van der Waals surface area contributed by atoms with Crippen LogP contribution in [-0.2, 0) is 0 Å². The summed E-state index contributed by atoms with van der Waals surface area (Å²) in [6.45, 7) is 1.95. The molecule has 0 aliphatic carbocycles. The Hall–Kier alpha value is -4.94. The van der Waals surface area contributed by atoms with E-state index in [-0.39, 0.29) is 23.6 Å². The number of benzene rings is 2. The maximum absolute atomic E-state index is 12.4. The molecular weight excluding hydrogens is 680 g/mol. The van der Waals surface area contributed by atoms with Crippen LogP contribution in [0.25, 0.3) is 22.1 Å². The van der Waals surface area contributed by atoms with Crippen molar-refractivity contribution >= 4 is 85.3 Å². The molecule has 10 nitrogen and oxygen atoms in total. The summed E-state index contributed by atoms with van der Waals surface area (Å²) in [5.74, 6) is -1.21. The Bertz CT molecular complexity index is 2020. The van der Waals surface area contributed by atoms with Gasteiger partial charge < -0.3 is 9.97 Å². The molecule has 0 spiro atoms. The minimum atomic E-state index is -0.303. The van der Waals surface area contributed by atoms with Gasteiger partial charge in [-0.25, -0.2) is 19.8 Å². The molecule has 2 aliphatic heterocycles. The summed E-state index contributed by atoms with van der Waals surface area (Å²) < 4.78 is 0. The van der Waals surface area contributed by atoms with Crippen LogP contribution in [0.3, 0.4) is 0 Å². The lowest BCUT2D eigenvalue weighted by Gasteiger charge is -2.13. The number of hydrogen-bond acceptors (Lipinski definition) is 6. The number of H-pyrrole nitrogens is 2. The Labute approximate surface area is 259 Å². The van der Waals surface area contributed by atoms with Gasteiger partial charge >= 0.3 is 0 Å². The van der Waals surface area contributed by atoms with Crippen LogP contribution in [0.1, 0.15) is 47.0 Å². The molecule has 2 aliphatic rings. The molecule has 12 heteroatoms. The van der Waals surface area contributed by atoms with Crippen molar-refractivity contribution in [3.63, 3.8) is 0 Å². The van der Waals surface area contributed by atoms with Crippen molar-refractivity contribution in [2.24, 2.45) is 0 Å². The first-order valence-corrected chi connectivity index (χ1v) is 16.6. The highest BCUT2D eigenvalue weighted by Gasteiger charge is 2.37. The number of aryl methyl sites for hydroxylation is 1. The fourth-order valence-corrected chi connectivity index (χ4v) is 5.14. The average Bonchev–Trinajstić information content (AvgIpc) is 3.79. The maximum atomic E-state index is 12.4. The number of nitrogens with one attached hydrogen (secondary N) is 2. The molecule has 0 unspecified atom stereocenters. The van der Waals surface area contributed by atoms with Gasteiger partial charge in [-0.2, -0.15) is 0 Å². The number of fused-ring (bicyclic) bond motifs is 4. The molecule has 0 saturated heterocycles. The Balaban J connectivity index is 0.000000145. The zero-order valence-corrected chi connectivity index (χ0v) is 25.5. The molecule has 4 aromatic heterocycles. The standard InChI is InChI=1S/C16H11N3O2.C15H9N3O2.Br2/c1-9-7-17-14-13(9)6-10(8-18-14)19-15(20)11-4-2-3-5-12(11)16(19)21;19-14-11-3-1-2-4-12(11)15(20)18(14)10-7-9-5-6-16-13(9)17-8-10;1-2/h2-8H,1H3,(H,17,18);1-8H,(H,16,17);. The molecule has 0 saturated carbocycles. The number of pyridine rings is 2. The van der Waals surface area contributed by atoms with Crippen LogP contribution in [-0.4, -0.2) is 43.6 Å². The highest BCUT2D eigenvalue weighted by molar-refractivity contribution is 9.93. The minimum absolute atomic E-state index is 0.301. The topological polar surface area (TPSA) is 132 Å². The summed E-state index contributed by atoms with van der Waals surface area (Å²) in [6.07, 6.45) is 6.69. The molecule has 6 heterocycles. The van der Waals surface area contributed by atoms with E-state index in [4.69, 9.17) is 0 Å². The molecule has 8 rings (SSSR count). The summed E-state index contributed by atoms with van der Waals surface area (Å²) in [5, 5.41) is 1.77. The molecule has 0 fully saturated rings. The van der Waals surface area contributed by atoms with E-state index in [2.05, 4.69) is 48.2 Å². The van der Waals surface area contributed by atoms with Crippen molar-refractivity contribution in [2.45, 2.75) is 6.92 Å². The molecule has 0 bridgehead atoms.